The fourth-order valence-corrected chi connectivity index (χ4v) is 6.21. The van der Waals surface area contributed by atoms with Gasteiger partial charge in [-0.25, -0.2) is 18.2 Å². The Morgan fingerprint density at radius 3 is 2.72 bits per heavy atom. The summed E-state index contributed by atoms with van der Waals surface area (Å²) in [7, 11) is -3.93. The molecule has 2 atom stereocenters. The highest BCUT2D eigenvalue weighted by atomic mass is 32.2. The van der Waals surface area contributed by atoms with Crippen molar-refractivity contribution in [3.8, 4) is 0 Å². The lowest BCUT2D eigenvalue weighted by Crippen LogP contribution is -2.67. The van der Waals surface area contributed by atoms with E-state index >= 15 is 0 Å². The molecule has 0 saturated carbocycles. The molecular weight excluding hydrogens is 398 g/mol. The van der Waals surface area contributed by atoms with Gasteiger partial charge in [0.2, 0.25) is 10.0 Å². The standard InChI is InChI=1S/C19H29N3O6S/c1-14-3-2-4-15(11-14)12-28-16-6-9-22(10-7-16)29(26,27)17-5-8-20-13-19(17,24)18(23)21-25/h2-4,11,16-17,20,24-25H,5-10,12-13H2,1H3,(H,21,23). The lowest BCUT2D eigenvalue weighted by atomic mass is 9.93. The lowest BCUT2D eigenvalue weighted by Gasteiger charge is -2.41. The van der Waals surface area contributed by atoms with E-state index in [1.165, 1.54) is 9.79 Å². The number of nitrogens with one attached hydrogen (secondary N) is 2. The maximum atomic E-state index is 13.1. The molecule has 0 bridgehead atoms. The number of benzene rings is 1. The second kappa shape index (κ2) is 9.07. The summed E-state index contributed by atoms with van der Waals surface area (Å²) in [5.41, 5.74) is 1.41. The van der Waals surface area contributed by atoms with Crippen LogP contribution in [0.2, 0.25) is 0 Å². The van der Waals surface area contributed by atoms with Crippen LogP contribution in [-0.4, -0.2) is 72.1 Å². The van der Waals surface area contributed by atoms with E-state index in [-0.39, 0.29) is 32.2 Å². The molecule has 29 heavy (non-hydrogen) atoms. The number of rotatable bonds is 6. The number of aryl methyl sites for hydroxylation is 1. The van der Waals surface area contributed by atoms with Gasteiger partial charge in [0.05, 0.1) is 12.7 Å². The Hall–Kier alpha value is -1.56. The van der Waals surface area contributed by atoms with E-state index in [0.29, 0.717) is 26.0 Å². The molecule has 0 spiro atoms. The minimum Gasteiger partial charge on any atom is -0.377 e. The Balaban J connectivity index is 1.61. The Labute approximate surface area is 171 Å². The first-order valence-corrected chi connectivity index (χ1v) is 11.3. The number of nitrogens with zero attached hydrogens (tertiary/aromatic N) is 1. The van der Waals surface area contributed by atoms with Crippen molar-refractivity contribution in [3.63, 3.8) is 0 Å². The predicted octanol–water partition coefficient (Wildman–Crippen LogP) is -0.0958. The van der Waals surface area contributed by atoms with E-state index in [9.17, 15) is 18.3 Å². The molecule has 1 aromatic rings. The number of hydroxylamine groups is 1. The van der Waals surface area contributed by atoms with Crippen molar-refractivity contribution in [2.75, 3.05) is 26.2 Å². The molecule has 3 rings (SSSR count). The summed E-state index contributed by atoms with van der Waals surface area (Å²) in [5.74, 6) is -1.12. The van der Waals surface area contributed by atoms with Gasteiger partial charge in [0.15, 0.2) is 5.60 Å². The summed E-state index contributed by atoms with van der Waals surface area (Å²) in [6.45, 7) is 3.15. The van der Waals surface area contributed by atoms with Crippen LogP contribution in [-0.2, 0) is 26.2 Å². The summed E-state index contributed by atoms with van der Waals surface area (Å²) >= 11 is 0. The minimum atomic E-state index is -3.93. The quantitative estimate of drug-likeness (QED) is 0.369. The molecule has 9 nitrogen and oxygen atoms in total. The van der Waals surface area contributed by atoms with Crippen molar-refractivity contribution in [3.05, 3.63) is 35.4 Å². The first-order valence-electron chi connectivity index (χ1n) is 9.81. The summed E-state index contributed by atoms with van der Waals surface area (Å²) < 4.78 is 33.5. The topological polar surface area (TPSA) is 128 Å². The third-order valence-corrected chi connectivity index (χ3v) is 8.12. The summed E-state index contributed by atoms with van der Waals surface area (Å²) in [6.07, 6.45) is 1.12. The third-order valence-electron chi connectivity index (χ3n) is 5.69. The third kappa shape index (κ3) is 4.79. The number of ether oxygens (including phenoxy) is 1. The molecule has 1 aromatic carbocycles. The number of amides is 1. The van der Waals surface area contributed by atoms with Gasteiger partial charge in [-0.05, 0) is 38.3 Å². The van der Waals surface area contributed by atoms with Crippen LogP contribution in [0.3, 0.4) is 0 Å². The van der Waals surface area contributed by atoms with Crippen molar-refractivity contribution in [2.24, 2.45) is 0 Å². The van der Waals surface area contributed by atoms with Crippen LogP contribution in [0, 0.1) is 6.92 Å². The number of piperidine rings is 2. The summed E-state index contributed by atoms with van der Waals surface area (Å²) in [4.78, 5) is 12.0. The number of hydrogen-bond acceptors (Lipinski definition) is 7. The lowest BCUT2D eigenvalue weighted by molar-refractivity contribution is -0.150. The monoisotopic (exact) mass is 427 g/mol. The number of β-amino-alcohol motifs (C(OH)–C–C–N with tert-alkyl or cyclic N) is 1. The van der Waals surface area contributed by atoms with E-state index in [1.54, 1.807) is 0 Å². The second-order valence-corrected chi connectivity index (χ2v) is 9.88. The van der Waals surface area contributed by atoms with Crippen molar-refractivity contribution < 1.29 is 28.3 Å². The molecule has 2 aliphatic rings. The average Bonchev–Trinajstić information content (AvgIpc) is 2.72. The highest BCUT2D eigenvalue weighted by Crippen LogP contribution is 2.29. The number of carbonyl (C=O) groups is 1. The Kier molecular flexibility index (Phi) is 6.92. The van der Waals surface area contributed by atoms with Crippen LogP contribution >= 0.6 is 0 Å². The van der Waals surface area contributed by atoms with Gasteiger partial charge in [0.25, 0.3) is 5.91 Å². The van der Waals surface area contributed by atoms with Crippen LogP contribution < -0.4 is 10.8 Å². The molecule has 2 aliphatic heterocycles. The maximum Gasteiger partial charge on any atom is 0.278 e. The molecule has 2 heterocycles. The highest BCUT2D eigenvalue weighted by Gasteiger charge is 2.53. The fourth-order valence-electron chi connectivity index (χ4n) is 4.03. The molecule has 4 N–H and O–H groups in total. The molecule has 162 valence electrons. The Morgan fingerprint density at radius 1 is 1.34 bits per heavy atom. The minimum absolute atomic E-state index is 0.0467. The smallest absolute Gasteiger partial charge is 0.278 e. The molecule has 0 radical (unpaired) electrons. The van der Waals surface area contributed by atoms with Gasteiger partial charge in [0, 0.05) is 19.6 Å². The molecule has 0 aromatic heterocycles. The van der Waals surface area contributed by atoms with Crippen molar-refractivity contribution >= 4 is 15.9 Å². The van der Waals surface area contributed by atoms with Crippen molar-refractivity contribution in [1.82, 2.24) is 15.1 Å². The van der Waals surface area contributed by atoms with E-state index in [4.69, 9.17) is 9.94 Å². The van der Waals surface area contributed by atoms with Crippen LogP contribution in [0.1, 0.15) is 30.4 Å². The molecule has 1 amide bonds. The predicted molar refractivity (Wildman–Crippen MR) is 106 cm³/mol. The van der Waals surface area contributed by atoms with Gasteiger partial charge in [-0.1, -0.05) is 29.8 Å². The fraction of sp³-hybridized carbons (Fsp3) is 0.632. The molecule has 2 unspecified atom stereocenters. The zero-order valence-corrected chi connectivity index (χ0v) is 17.3. The average molecular weight is 428 g/mol. The van der Waals surface area contributed by atoms with Crippen LogP contribution in [0.5, 0.6) is 0 Å². The number of sulfonamides is 1. The van der Waals surface area contributed by atoms with Gasteiger partial charge in [-0.2, -0.15) is 0 Å². The first-order chi connectivity index (χ1) is 13.8. The van der Waals surface area contributed by atoms with E-state index < -0.39 is 26.8 Å². The van der Waals surface area contributed by atoms with Crippen LogP contribution in [0.15, 0.2) is 24.3 Å². The summed E-state index contributed by atoms with van der Waals surface area (Å²) in [5, 5.41) is 21.1. The number of aliphatic hydroxyl groups is 1. The second-order valence-electron chi connectivity index (χ2n) is 7.76. The SMILES string of the molecule is Cc1cccc(COC2CCN(S(=O)(=O)C3CCNCC3(O)C(=O)NO)CC2)c1. The van der Waals surface area contributed by atoms with Crippen LogP contribution in [0.4, 0.5) is 0 Å². The van der Waals surface area contributed by atoms with E-state index in [0.717, 1.165) is 11.1 Å². The van der Waals surface area contributed by atoms with Gasteiger partial charge in [-0.15, -0.1) is 0 Å². The molecule has 2 saturated heterocycles. The molecule has 10 heteroatoms. The Morgan fingerprint density at radius 2 is 2.07 bits per heavy atom. The first kappa shape index (κ1) is 22.1. The highest BCUT2D eigenvalue weighted by molar-refractivity contribution is 7.89. The maximum absolute atomic E-state index is 13.1. The molecule has 2 fully saturated rings. The van der Waals surface area contributed by atoms with Crippen molar-refractivity contribution in [1.29, 1.82) is 0 Å². The van der Waals surface area contributed by atoms with Gasteiger partial charge in [0.1, 0.15) is 5.25 Å². The van der Waals surface area contributed by atoms with Crippen LogP contribution in [0.25, 0.3) is 0 Å². The van der Waals surface area contributed by atoms with E-state index in [2.05, 4.69) is 11.4 Å². The van der Waals surface area contributed by atoms with Gasteiger partial charge < -0.3 is 15.2 Å². The molecular formula is C19H29N3O6S. The van der Waals surface area contributed by atoms with Gasteiger partial charge in [-0.3, -0.25) is 10.0 Å². The zero-order valence-electron chi connectivity index (χ0n) is 16.5. The Bertz CT molecular complexity index is 825. The van der Waals surface area contributed by atoms with Gasteiger partial charge >= 0.3 is 0 Å². The summed E-state index contributed by atoms with van der Waals surface area (Å²) in [6, 6.07) is 8.05. The van der Waals surface area contributed by atoms with E-state index in [1.807, 2.05) is 25.1 Å². The zero-order chi connectivity index (χ0) is 21.1. The largest absolute Gasteiger partial charge is 0.377 e. The number of hydrogen-bond donors (Lipinski definition) is 4. The molecule has 0 aliphatic carbocycles. The normalized spacial score (nSPS) is 26.9. The number of carbonyl (C=O) groups excluding carboxylic acids is 1. The van der Waals surface area contributed by atoms with Crippen molar-refractivity contribution in [2.45, 2.75) is 49.7 Å².